The molecule has 0 bridgehead atoms. The van der Waals surface area contributed by atoms with E-state index in [1.165, 1.54) is 40.7 Å². The van der Waals surface area contributed by atoms with Gasteiger partial charge in [0.15, 0.2) is 0 Å². The average Bonchev–Trinajstić information content (AvgIpc) is 3.16. The van der Waals surface area contributed by atoms with Gasteiger partial charge in [0.25, 0.3) is 5.69 Å². The number of rotatable bonds is 5. The van der Waals surface area contributed by atoms with Gasteiger partial charge >= 0.3 is 5.97 Å². The highest BCUT2D eigenvalue weighted by Gasteiger charge is 2.27. The van der Waals surface area contributed by atoms with Crippen molar-refractivity contribution in [2.24, 2.45) is 0 Å². The molecule has 2 aromatic carbocycles. The number of aromatic carboxylic acids is 1. The second kappa shape index (κ2) is 6.85. The van der Waals surface area contributed by atoms with Crippen LogP contribution in [0.25, 0.3) is 11.1 Å². The Labute approximate surface area is 149 Å². The number of nitrogens with zero attached hydrogens (tertiary/aromatic N) is 2. The molecule has 1 aliphatic rings. The third-order valence-corrected chi connectivity index (χ3v) is 6.23. The van der Waals surface area contributed by atoms with E-state index in [0.717, 1.165) is 18.9 Å². The summed E-state index contributed by atoms with van der Waals surface area (Å²) in [5.41, 5.74) is 0.229. The van der Waals surface area contributed by atoms with Crippen LogP contribution in [0.1, 0.15) is 23.2 Å². The number of non-ortho nitro benzene ring substituents is 1. The van der Waals surface area contributed by atoms with E-state index in [4.69, 9.17) is 0 Å². The van der Waals surface area contributed by atoms with Gasteiger partial charge in [0.2, 0.25) is 10.0 Å². The molecule has 9 heteroatoms. The highest BCUT2D eigenvalue weighted by Crippen LogP contribution is 2.30. The number of nitro benzene ring substituents is 1. The molecule has 0 saturated carbocycles. The Balaban J connectivity index is 2.02. The summed E-state index contributed by atoms with van der Waals surface area (Å²) < 4.78 is 26.5. The Morgan fingerprint density at radius 1 is 1.08 bits per heavy atom. The monoisotopic (exact) mass is 376 g/mol. The fraction of sp³-hybridized carbons (Fsp3) is 0.235. The first-order valence-corrected chi connectivity index (χ1v) is 9.37. The van der Waals surface area contributed by atoms with Crippen LogP contribution >= 0.6 is 0 Å². The van der Waals surface area contributed by atoms with Crippen LogP contribution in [0.15, 0.2) is 47.4 Å². The van der Waals surface area contributed by atoms with Gasteiger partial charge in [0, 0.05) is 30.8 Å². The van der Waals surface area contributed by atoms with Gasteiger partial charge in [-0.15, -0.1) is 0 Å². The molecule has 1 heterocycles. The van der Waals surface area contributed by atoms with E-state index in [0.29, 0.717) is 18.7 Å². The molecule has 1 N–H and O–H groups in total. The molecular formula is C17H16N2O6S. The van der Waals surface area contributed by atoms with Gasteiger partial charge in [0.05, 0.1) is 15.4 Å². The molecular weight excluding hydrogens is 360 g/mol. The third-order valence-electron chi connectivity index (χ3n) is 4.31. The molecule has 136 valence electrons. The molecule has 1 saturated heterocycles. The molecule has 0 spiro atoms. The number of hydrogen-bond donors (Lipinski definition) is 1. The maximum absolute atomic E-state index is 12.5. The third kappa shape index (κ3) is 3.31. The Hall–Kier alpha value is -2.78. The van der Waals surface area contributed by atoms with Crippen molar-refractivity contribution in [1.29, 1.82) is 0 Å². The van der Waals surface area contributed by atoms with Gasteiger partial charge < -0.3 is 5.11 Å². The van der Waals surface area contributed by atoms with E-state index < -0.39 is 20.9 Å². The van der Waals surface area contributed by atoms with E-state index >= 15 is 0 Å². The zero-order valence-corrected chi connectivity index (χ0v) is 14.5. The number of hydrogen-bond acceptors (Lipinski definition) is 5. The Kier molecular flexibility index (Phi) is 4.75. The molecule has 0 aliphatic carbocycles. The quantitative estimate of drug-likeness (QED) is 0.633. The first kappa shape index (κ1) is 18.0. The van der Waals surface area contributed by atoms with Gasteiger partial charge in [-0.2, -0.15) is 4.31 Å². The number of sulfonamides is 1. The van der Waals surface area contributed by atoms with Crippen LogP contribution in [0, 0.1) is 10.1 Å². The van der Waals surface area contributed by atoms with Gasteiger partial charge in [-0.25, -0.2) is 13.2 Å². The lowest BCUT2D eigenvalue weighted by Gasteiger charge is -2.15. The molecule has 0 aromatic heterocycles. The first-order chi connectivity index (χ1) is 12.3. The van der Waals surface area contributed by atoms with Gasteiger partial charge in [-0.05, 0) is 36.6 Å². The number of carboxylic acids is 1. The molecule has 0 unspecified atom stereocenters. The predicted octanol–water partition coefficient (Wildman–Crippen LogP) is 2.74. The van der Waals surface area contributed by atoms with Crippen LogP contribution in [-0.4, -0.2) is 41.8 Å². The Bertz CT molecular complexity index is 963. The summed E-state index contributed by atoms with van der Waals surface area (Å²) in [6.45, 7) is 0.969. The van der Waals surface area contributed by atoms with Crippen LogP contribution in [0.2, 0.25) is 0 Å². The highest BCUT2D eigenvalue weighted by molar-refractivity contribution is 7.89. The van der Waals surface area contributed by atoms with Crippen LogP contribution in [0.3, 0.4) is 0 Å². The summed E-state index contributed by atoms with van der Waals surface area (Å²) in [4.78, 5) is 21.9. The molecule has 26 heavy (non-hydrogen) atoms. The van der Waals surface area contributed by atoms with Crippen molar-refractivity contribution in [3.63, 3.8) is 0 Å². The number of benzene rings is 2. The maximum Gasteiger partial charge on any atom is 0.336 e. The molecule has 0 amide bonds. The standard InChI is InChI=1S/C17H16N2O6S/c20-17(21)15-8-5-13(19(22)23)11-16(15)12-3-6-14(7-4-12)26(24,25)18-9-1-2-10-18/h3-8,11H,1-2,9-10H2,(H,20,21). The average molecular weight is 376 g/mol. The largest absolute Gasteiger partial charge is 0.478 e. The molecule has 1 fully saturated rings. The van der Waals surface area contributed by atoms with E-state index in [1.54, 1.807) is 0 Å². The molecule has 3 rings (SSSR count). The zero-order valence-electron chi connectivity index (χ0n) is 13.7. The minimum absolute atomic E-state index is 0.0919. The van der Waals surface area contributed by atoms with Crippen molar-refractivity contribution in [2.45, 2.75) is 17.7 Å². The van der Waals surface area contributed by atoms with Crippen molar-refractivity contribution in [2.75, 3.05) is 13.1 Å². The van der Waals surface area contributed by atoms with Crippen LogP contribution < -0.4 is 0 Å². The maximum atomic E-state index is 12.5. The van der Waals surface area contributed by atoms with Crippen LogP contribution in [0.4, 0.5) is 5.69 Å². The zero-order chi connectivity index (χ0) is 18.9. The fourth-order valence-corrected chi connectivity index (χ4v) is 4.47. The van der Waals surface area contributed by atoms with Crippen molar-refractivity contribution >= 4 is 21.7 Å². The number of carboxylic acid groups (broad SMARTS) is 1. The molecule has 0 radical (unpaired) electrons. The van der Waals surface area contributed by atoms with Gasteiger partial charge in [0.1, 0.15) is 0 Å². The van der Waals surface area contributed by atoms with E-state index in [1.807, 2.05) is 0 Å². The van der Waals surface area contributed by atoms with Crippen molar-refractivity contribution in [1.82, 2.24) is 4.31 Å². The van der Waals surface area contributed by atoms with Crippen molar-refractivity contribution in [3.8, 4) is 11.1 Å². The SMILES string of the molecule is O=C(O)c1ccc([N+](=O)[O-])cc1-c1ccc(S(=O)(=O)N2CCCC2)cc1. The normalized spacial score (nSPS) is 15.1. The summed E-state index contributed by atoms with van der Waals surface area (Å²) >= 11 is 0. The van der Waals surface area contributed by atoms with Crippen molar-refractivity contribution < 1.29 is 23.2 Å². The Morgan fingerprint density at radius 2 is 1.69 bits per heavy atom. The molecule has 2 aromatic rings. The topological polar surface area (TPSA) is 118 Å². The van der Waals surface area contributed by atoms with E-state index in [2.05, 4.69) is 0 Å². The van der Waals surface area contributed by atoms with Gasteiger partial charge in [-0.3, -0.25) is 10.1 Å². The van der Waals surface area contributed by atoms with Crippen LogP contribution in [0.5, 0.6) is 0 Å². The summed E-state index contributed by atoms with van der Waals surface area (Å²) in [7, 11) is -3.58. The second-order valence-electron chi connectivity index (χ2n) is 5.93. The summed E-state index contributed by atoms with van der Waals surface area (Å²) in [5, 5.41) is 20.3. The lowest BCUT2D eigenvalue weighted by atomic mass is 9.99. The van der Waals surface area contributed by atoms with Crippen molar-refractivity contribution in [3.05, 3.63) is 58.1 Å². The smallest absolute Gasteiger partial charge is 0.336 e. The fourth-order valence-electron chi connectivity index (χ4n) is 2.96. The summed E-state index contributed by atoms with van der Waals surface area (Å²) in [6.07, 6.45) is 1.65. The summed E-state index contributed by atoms with van der Waals surface area (Å²) in [5.74, 6) is -1.22. The van der Waals surface area contributed by atoms with E-state index in [-0.39, 0.29) is 21.7 Å². The minimum atomic E-state index is -3.58. The lowest BCUT2D eigenvalue weighted by molar-refractivity contribution is -0.384. The lowest BCUT2D eigenvalue weighted by Crippen LogP contribution is -2.27. The highest BCUT2D eigenvalue weighted by atomic mass is 32.2. The minimum Gasteiger partial charge on any atom is -0.478 e. The number of carbonyl (C=O) groups is 1. The van der Waals surface area contributed by atoms with Gasteiger partial charge in [-0.1, -0.05) is 12.1 Å². The summed E-state index contributed by atoms with van der Waals surface area (Å²) in [6, 6.07) is 9.20. The molecule has 8 nitrogen and oxygen atoms in total. The van der Waals surface area contributed by atoms with Crippen LogP contribution in [-0.2, 0) is 10.0 Å². The molecule has 1 aliphatic heterocycles. The number of nitro groups is 1. The molecule has 0 atom stereocenters. The predicted molar refractivity (Wildman–Crippen MR) is 93.5 cm³/mol. The van der Waals surface area contributed by atoms with E-state index in [9.17, 15) is 28.4 Å². The first-order valence-electron chi connectivity index (χ1n) is 7.93. The second-order valence-corrected chi connectivity index (χ2v) is 7.87. The Morgan fingerprint density at radius 3 is 2.23 bits per heavy atom.